The number of aromatic nitrogens is 2. The van der Waals surface area contributed by atoms with Crippen LogP contribution in [0.2, 0.25) is 0 Å². The van der Waals surface area contributed by atoms with Crippen molar-refractivity contribution < 1.29 is 4.79 Å². The second-order valence-corrected chi connectivity index (χ2v) is 3.52. The largest absolute Gasteiger partial charge is 0.352 e. The second kappa shape index (κ2) is 4.77. The van der Waals surface area contributed by atoms with Gasteiger partial charge in [0.05, 0.1) is 5.69 Å². The molecule has 1 amide bonds. The number of rotatable bonds is 4. The van der Waals surface area contributed by atoms with E-state index < -0.39 is 0 Å². The fraction of sp³-hybridized carbons (Fsp3) is 0.455. The molecule has 1 heterocycles. The molecule has 1 aromatic rings. The zero-order valence-corrected chi connectivity index (χ0v) is 9.50. The van der Waals surface area contributed by atoms with Gasteiger partial charge in [-0.05, 0) is 31.9 Å². The minimum atomic E-state index is -0.130. The Bertz CT molecular complexity index is 379. The topological polar surface area (TPSA) is 46.9 Å². The van der Waals surface area contributed by atoms with E-state index in [2.05, 4.69) is 17.0 Å². The maximum Gasteiger partial charge on any atom is 0.243 e. The Morgan fingerprint density at radius 1 is 1.60 bits per heavy atom. The van der Waals surface area contributed by atoms with E-state index in [0.29, 0.717) is 6.54 Å². The van der Waals surface area contributed by atoms with Gasteiger partial charge < -0.3 is 5.32 Å². The number of hydrogen-bond acceptors (Lipinski definition) is 2. The van der Waals surface area contributed by atoms with Crippen LogP contribution < -0.4 is 5.32 Å². The van der Waals surface area contributed by atoms with Crippen molar-refractivity contribution in [2.24, 2.45) is 7.05 Å². The van der Waals surface area contributed by atoms with Gasteiger partial charge in [0.15, 0.2) is 0 Å². The molecule has 0 aliphatic rings. The molecule has 4 nitrogen and oxygen atoms in total. The summed E-state index contributed by atoms with van der Waals surface area (Å²) in [4.78, 5) is 10.9. The molecule has 0 spiro atoms. The van der Waals surface area contributed by atoms with E-state index in [0.717, 1.165) is 17.8 Å². The molecule has 1 N–H and O–H groups in total. The van der Waals surface area contributed by atoms with E-state index in [1.807, 2.05) is 25.6 Å². The molecule has 0 aromatic carbocycles. The summed E-state index contributed by atoms with van der Waals surface area (Å²) in [6.07, 6.45) is 2.09. The normalized spacial score (nSPS) is 10.1. The lowest BCUT2D eigenvalue weighted by Gasteiger charge is -2.03. The van der Waals surface area contributed by atoms with Gasteiger partial charge in [-0.3, -0.25) is 9.48 Å². The van der Waals surface area contributed by atoms with Gasteiger partial charge in [0.2, 0.25) is 5.91 Å². The van der Waals surface area contributed by atoms with Crippen molar-refractivity contribution in [3.05, 3.63) is 29.6 Å². The average Bonchev–Trinajstić information content (AvgIpc) is 2.44. The van der Waals surface area contributed by atoms with Gasteiger partial charge in [-0.25, -0.2) is 0 Å². The molecule has 82 valence electrons. The third-order valence-corrected chi connectivity index (χ3v) is 2.52. The number of amides is 1. The molecular weight excluding hydrogens is 190 g/mol. The Labute approximate surface area is 90.0 Å². The van der Waals surface area contributed by atoms with E-state index in [9.17, 15) is 4.79 Å². The minimum absolute atomic E-state index is 0.130. The Hall–Kier alpha value is -1.58. The van der Waals surface area contributed by atoms with E-state index >= 15 is 0 Å². The summed E-state index contributed by atoms with van der Waals surface area (Å²) in [6.45, 7) is 8.04. The van der Waals surface area contributed by atoms with Crippen LogP contribution in [0, 0.1) is 13.8 Å². The number of aryl methyl sites for hydroxylation is 2. The first-order valence-electron chi connectivity index (χ1n) is 4.95. The lowest BCUT2D eigenvalue weighted by atomic mass is 10.1. The predicted octanol–water partition coefficient (Wildman–Crippen LogP) is 0.882. The third-order valence-electron chi connectivity index (χ3n) is 2.52. The van der Waals surface area contributed by atoms with Crippen molar-refractivity contribution in [1.82, 2.24) is 15.1 Å². The lowest BCUT2D eigenvalue weighted by molar-refractivity contribution is -0.116. The van der Waals surface area contributed by atoms with Crippen LogP contribution in [0.5, 0.6) is 0 Å². The monoisotopic (exact) mass is 207 g/mol. The van der Waals surface area contributed by atoms with E-state index in [4.69, 9.17) is 0 Å². The van der Waals surface area contributed by atoms with Gasteiger partial charge in [0, 0.05) is 19.3 Å². The van der Waals surface area contributed by atoms with Crippen molar-refractivity contribution in [3.8, 4) is 0 Å². The van der Waals surface area contributed by atoms with Crippen LogP contribution in [-0.2, 0) is 18.3 Å². The van der Waals surface area contributed by atoms with Crippen molar-refractivity contribution in [3.63, 3.8) is 0 Å². The van der Waals surface area contributed by atoms with E-state index in [1.54, 1.807) is 0 Å². The summed E-state index contributed by atoms with van der Waals surface area (Å²) in [5.74, 6) is -0.130. The van der Waals surface area contributed by atoms with Crippen LogP contribution in [-0.4, -0.2) is 22.2 Å². The van der Waals surface area contributed by atoms with Crippen LogP contribution in [0.3, 0.4) is 0 Å². The highest BCUT2D eigenvalue weighted by molar-refractivity contribution is 5.86. The molecular formula is C11H17N3O. The Kier molecular flexibility index (Phi) is 3.66. The molecule has 0 aliphatic carbocycles. The van der Waals surface area contributed by atoms with Gasteiger partial charge in [-0.2, -0.15) is 5.10 Å². The number of carbonyl (C=O) groups excluding carboxylic acids is 1. The highest BCUT2D eigenvalue weighted by atomic mass is 16.1. The van der Waals surface area contributed by atoms with Gasteiger partial charge in [0.1, 0.15) is 0 Å². The third kappa shape index (κ3) is 2.68. The summed E-state index contributed by atoms with van der Waals surface area (Å²) in [5.41, 5.74) is 3.39. The summed E-state index contributed by atoms with van der Waals surface area (Å²) >= 11 is 0. The zero-order chi connectivity index (χ0) is 11.4. The van der Waals surface area contributed by atoms with E-state index in [-0.39, 0.29) is 5.91 Å². The van der Waals surface area contributed by atoms with Crippen LogP contribution in [0.1, 0.15) is 17.0 Å². The fourth-order valence-corrected chi connectivity index (χ4v) is 1.56. The highest BCUT2D eigenvalue weighted by Gasteiger charge is 2.08. The minimum Gasteiger partial charge on any atom is -0.352 e. The van der Waals surface area contributed by atoms with Crippen molar-refractivity contribution in [1.29, 1.82) is 0 Å². The SMILES string of the molecule is C=CC(=O)NCCc1c(C)nn(C)c1C. The van der Waals surface area contributed by atoms with Crippen LogP contribution in [0.25, 0.3) is 0 Å². The van der Waals surface area contributed by atoms with Crippen LogP contribution in [0.4, 0.5) is 0 Å². The molecule has 0 saturated heterocycles. The Balaban J connectivity index is 2.57. The van der Waals surface area contributed by atoms with Gasteiger partial charge in [-0.1, -0.05) is 6.58 Å². The molecule has 0 atom stereocenters. The Morgan fingerprint density at radius 3 is 2.73 bits per heavy atom. The number of hydrogen-bond donors (Lipinski definition) is 1. The predicted molar refractivity (Wildman–Crippen MR) is 59.6 cm³/mol. The van der Waals surface area contributed by atoms with Crippen LogP contribution in [0.15, 0.2) is 12.7 Å². The average molecular weight is 207 g/mol. The van der Waals surface area contributed by atoms with Crippen molar-refractivity contribution in [2.45, 2.75) is 20.3 Å². The summed E-state index contributed by atoms with van der Waals surface area (Å²) in [6, 6.07) is 0. The highest BCUT2D eigenvalue weighted by Crippen LogP contribution is 2.11. The zero-order valence-electron chi connectivity index (χ0n) is 9.50. The van der Waals surface area contributed by atoms with Gasteiger partial charge in [0.25, 0.3) is 0 Å². The van der Waals surface area contributed by atoms with Gasteiger partial charge in [-0.15, -0.1) is 0 Å². The first kappa shape index (κ1) is 11.5. The number of nitrogens with zero attached hydrogens (tertiary/aromatic N) is 2. The van der Waals surface area contributed by atoms with Crippen molar-refractivity contribution >= 4 is 5.91 Å². The molecule has 0 aliphatic heterocycles. The van der Waals surface area contributed by atoms with Crippen LogP contribution >= 0.6 is 0 Å². The second-order valence-electron chi connectivity index (χ2n) is 3.52. The molecule has 1 rings (SSSR count). The molecule has 1 aromatic heterocycles. The molecule has 0 saturated carbocycles. The number of nitrogens with one attached hydrogen (secondary N) is 1. The first-order valence-corrected chi connectivity index (χ1v) is 4.95. The Morgan fingerprint density at radius 2 is 2.27 bits per heavy atom. The summed E-state index contributed by atoms with van der Waals surface area (Å²) in [5, 5.41) is 7.06. The molecule has 0 fully saturated rings. The molecule has 4 heteroatoms. The molecule has 0 unspecified atom stereocenters. The van der Waals surface area contributed by atoms with E-state index in [1.165, 1.54) is 11.6 Å². The maximum absolute atomic E-state index is 10.9. The first-order chi connectivity index (χ1) is 7.06. The maximum atomic E-state index is 10.9. The summed E-state index contributed by atoms with van der Waals surface area (Å²) in [7, 11) is 1.92. The van der Waals surface area contributed by atoms with Gasteiger partial charge >= 0.3 is 0 Å². The fourth-order valence-electron chi connectivity index (χ4n) is 1.56. The smallest absolute Gasteiger partial charge is 0.243 e. The standard InChI is InChI=1S/C11H17N3O/c1-5-11(15)12-7-6-10-8(2)13-14(4)9(10)3/h5H,1,6-7H2,2-4H3,(H,12,15). The molecule has 0 bridgehead atoms. The quantitative estimate of drug-likeness (QED) is 0.745. The number of carbonyl (C=O) groups is 1. The molecule has 0 radical (unpaired) electrons. The molecule has 15 heavy (non-hydrogen) atoms. The lowest BCUT2D eigenvalue weighted by Crippen LogP contribution is -2.23. The van der Waals surface area contributed by atoms with Crippen molar-refractivity contribution in [2.75, 3.05) is 6.54 Å². The summed E-state index contributed by atoms with van der Waals surface area (Å²) < 4.78 is 1.86.